The van der Waals surface area contributed by atoms with Gasteiger partial charge in [-0.15, -0.1) is 12.4 Å². The van der Waals surface area contributed by atoms with E-state index in [4.69, 9.17) is 5.73 Å². The Morgan fingerprint density at radius 3 is 2.12 bits per heavy atom. The molecule has 3 rings (SSSR count). The lowest BCUT2D eigenvalue weighted by atomic mass is 9.97. The summed E-state index contributed by atoms with van der Waals surface area (Å²) in [5, 5.41) is 0. The standard InChI is InChI=1S/C17H21F2N3O2.ClH/c18-12-3-4-13(14(19)11-12)15(23)21-7-9-22(10-8-21)16(24)17(20)5-1-2-6-17;/h3-4,11H,1-2,5-10,20H2;1H. The molecule has 1 aliphatic carbocycles. The lowest BCUT2D eigenvalue weighted by Crippen LogP contribution is -2.59. The molecule has 0 aromatic heterocycles. The van der Waals surface area contributed by atoms with Crippen molar-refractivity contribution in [2.75, 3.05) is 26.2 Å². The van der Waals surface area contributed by atoms with Gasteiger partial charge in [-0.05, 0) is 25.0 Å². The summed E-state index contributed by atoms with van der Waals surface area (Å²) in [7, 11) is 0. The summed E-state index contributed by atoms with van der Waals surface area (Å²) < 4.78 is 26.7. The van der Waals surface area contributed by atoms with Crippen LogP contribution in [-0.2, 0) is 4.79 Å². The monoisotopic (exact) mass is 373 g/mol. The fourth-order valence-corrected chi connectivity index (χ4v) is 3.48. The van der Waals surface area contributed by atoms with Crippen molar-refractivity contribution >= 4 is 24.2 Å². The van der Waals surface area contributed by atoms with Gasteiger partial charge in [0.15, 0.2) is 0 Å². The summed E-state index contributed by atoms with van der Waals surface area (Å²) in [6, 6.07) is 2.91. The average molecular weight is 374 g/mol. The molecule has 2 fully saturated rings. The highest BCUT2D eigenvalue weighted by Crippen LogP contribution is 2.29. The minimum absolute atomic E-state index is 0. The number of hydrogen-bond donors (Lipinski definition) is 1. The molecule has 1 aromatic carbocycles. The highest BCUT2D eigenvalue weighted by Gasteiger charge is 2.40. The molecule has 1 aliphatic heterocycles. The van der Waals surface area contributed by atoms with Gasteiger partial charge in [0.05, 0.1) is 11.1 Å². The third kappa shape index (κ3) is 3.93. The van der Waals surface area contributed by atoms with Crippen molar-refractivity contribution in [3.8, 4) is 0 Å². The molecule has 0 atom stereocenters. The van der Waals surface area contributed by atoms with Crippen molar-refractivity contribution in [1.29, 1.82) is 0 Å². The first-order valence-electron chi connectivity index (χ1n) is 8.23. The largest absolute Gasteiger partial charge is 0.338 e. The Labute approximate surface area is 151 Å². The molecule has 25 heavy (non-hydrogen) atoms. The van der Waals surface area contributed by atoms with Gasteiger partial charge >= 0.3 is 0 Å². The van der Waals surface area contributed by atoms with Gasteiger partial charge in [0.25, 0.3) is 5.91 Å². The van der Waals surface area contributed by atoms with E-state index in [-0.39, 0.29) is 23.9 Å². The zero-order valence-electron chi connectivity index (χ0n) is 13.8. The van der Waals surface area contributed by atoms with Crippen molar-refractivity contribution in [3.05, 3.63) is 35.4 Å². The highest BCUT2D eigenvalue weighted by atomic mass is 35.5. The van der Waals surface area contributed by atoms with Crippen LogP contribution < -0.4 is 5.73 Å². The molecule has 1 saturated carbocycles. The normalized spacial score (nSPS) is 19.5. The van der Waals surface area contributed by atoms with Crippen LogP contribution in [0.4, 0.5) is 8.78 Å². The maximum Gasteiger partial charge on any atom is 0.256 e. The van der Waals surface area contributed by atoms with Crippen molar-refractivity contribution in [1.82, 2.24) is 9.80 Å². The number of rotatable bonds is 2. The predicted octanol–water partition coefficient (Wildman–Crippen LogP) is 1.94. The van der Waals surface area contributed by atoms with Crippen LogP contribution in [0.1, 0.15) is 36.0 Å². The minimum atomic E-state index is -0.870. The van der Waals surface area contributed by atoms with E-state index >= 15 is 0 Å². The number of amides is 2. The van der Waals surface area contributed by atoms with Gasteiger partial charge < -0.3 is 15.5 Å². The average Bonchev–Trinajstić information content (AvgIpc) is 3.02. The van der Waals surface area contributed by atoms with Crippen LogP contribution in [0.2, 0.25) is 0 Å². The Balaban J connectivity index is 0.00000225. The van der Waals surface area contributed by atoms with Crippen LogP contribution in [0.5, 0.6) is 0 Å². The number of nitrogens with zero attached hydrogens (tertiary/aromatic N) is 2. The zero-order valence-corrected chi connectivity index (χ0v) is 14.7. The minimum Gasteiger partial charge on any atom is -0.338 e. The first kappa shape index (κ1) is 19.6. The fourth-order valence-electron chi connectivity index (χ4n) is 3.48. The maximum absolute atomic E-state index is 13.7. The number of benzene rings is 1. The summed E-state index contributed by atoms with van der Waals surface area (Å²) in [5.74, 6) is -2.13. The number of halogens is 3. The SMILES string of the molecule is Cl.NC1(C(=O)N2CCN(C(=O)c3ccc(F)cc3F)CC2)CCCC1. The molecule has 1 heterocycles. The number of piperazine rings is 1. The lowest BCUT2D eigenvalue weighted by molar-refractivity contribution is -0.138. The van der Waals surface area contributed by atoms with E-state index in [2.05, 4.69) is 0 Å². The quantitative estimate of drug-likeness (QED) is 0.861. The van der Waals surface area contributed by atoms with Crippen LogP contribution in [0.25, 0.3) is 0 Å². The van der Waals surface area contributed by atoms with Crippen LogP contribution in [-0.4, -0.2) is 53.3 Å². The fraction of sp³-hybridized carbons (Fsp3) is 0.529. The molecule has 138 valence electrons. The van der Waals surface area contributed by atoms with Crippen molar-refractivity contribution in [3.63, 3.8) is 0 Å². The first-order chi connectivity index (χ1) is 11.4. The molecular weight excluding hydrogens is 352 g/mol. The van der Waals surface area contributed by atoms with Crippen LogP contribution in [0.15, 0.2) is 18.2 Å². The van der Waals surface area contributed by atoms with Gasteiger partial charge in [0, 0.05) is 32.2 Å². The molecule has 5 nitrogen and oxygen atoms in total. The Morgan fingerprint density at radius 2 is 1.56 bits per heavy atom. The Hall–Kier alpha value is -1.73. The van der Waals surface area contributed by atoms with E-state index < -0.39 is 23.1 Å². The second-order valence-corrected chi connectivity index (χ2v) is 6.57. The molecule has 2 N–H and O–H groups in total. The van der Waals surface area contributed by atoms with Crippen molar-refractivity contribution in [2.24, 2.45) is 5.73 Å². The summed E-state index contributed by atoms with van der Waals surface area (Å²) in [5.41, 5.74) is 5.28. The summed E-state index contributed by atoms with van der Waals surface area (Å²) in [4.78, 5) is 28.1. The van der Waals surface area contributed by atoms with E-state index in [1.54, 1.807) is 4.90 Å². The number of nitrogens with two attached hydrogens (primary N) is 1. The van der Waals surface area contributed by atoms with Gasteiger partial charge in [-0.25, -0.2) is 8.78 Å². The second kappa shape index (κ2) is 7.66. The van der Waals surface area contributed by atoms with E-state index in [1.165, 1.54) is 4.90 Å². The van der Waals surface area contributed by atoms with E-state index in [9.17, 15) is 18.4 Å². The molecule has 8 heteroatoms. The van der Waals surface area contributed by atoms with Gasteiger partial charge in [0.2, 0.25) is 5.91 Å². The first-order valence-corrected chi connectivity index (χ1v) is 8.23. The Kier molecular flexibility index (Phi) is 6.00. The zero-order chi connectivity index (χ0) is 17.3. The molecule has 0 bridgehead atoms. The molecule has 1 aromatic rings. The Morgan fingerprint density at radius 1 is 1.00 bits per heavy atom. The topological polar surface area (TPSA) is 66.6 Å². The van der Waals surface area contributed by atoms with Crippen LogP contribution in [0.3, 0.4) is 0 Å². The molecule has 0 radical (unpaired) electrons. The number of carbonyl (C=O) groups is 2. The molecule has 0 unspecified atom stereocenters. The van der Waals surface area contributed by atoms with Gasteiger partial charge in [0.1, 0.15) is 11.6 Å². The highest BCUT2D eigenvalue weighted by molar-refractivity contribution is 5.94. The third-order valence-corrected chi connectivity index (χ3v) is 4.94. The van der Waals surface area contributed by atoms with Crippen molar-refractivity contribution in [2.45, 2.75) is 31.2 Å². The van der Waals surface area contributed by atoms with E-state index in [0.29, 0.717) is 45.1 Å². The van der Waals surface area contributed by atoms with E-state index in [1.807, 2.05) is 0 Å². The van der Waals surface area contributed by atoms with Crippen LogP contribution in [0, 0.1) is 11.6 Å². The summed E-state index contributed by atoms with van der Waals surface area (Å²) in [6.45, 7) is 1.40. The van der Waals surface area contributed by atoms with Gasteiger partial charge in [-0.3, -0.25) is 9.59 Å². The van der Waals surface area contributed by atoms with Crippen LogP contribution >= 0.6 is 12.4 Å². The predicted molar refractivity (Wildman–Crippen MR) is 91.5 cm³/mol. The molecule has 2 aliphatic rings. The summed E-state index contributed by atoms with van der Waals surface area (Å²) >= 11 is 0. The third-order valence-electron chi connectivity index (χ3n) is 4.94. The molecule has 1 saturated heterocycles. The molecule has 2 amide bonds. The second-order valence-electron chi connectivity index (χ2n) is 6.57. The summed E-state index contributed by atoms with van der Waals surface area (Å²) in [6.07, 6.45) is 3.33. The number of carbonyl (C=O) groups excluding carboxylic acids is 2. The van der Waals surface area contributed by atoms with Gasteiger partial charge in [-0.2, -0.15) is 0 Å². The maximum atomic E-state index is 13.7. The molecular formula is C17H22ClF2N3O2. The molecule has 0 spiro atoms. The van der Waals surface area contributed by atoms with E-state index in [0.717, 1.165) is 25.0 Å². The Bertz CT molecular complexity index is 657. The van der Waals surface area contributed by atoms with Crippen molar-refractivity contribution < 1.29 is 18.4 Å². The smallest absolute Gasteiger partial charge is 0.256 e. The lowest BCUT2D eigenvalue weighted by Gasteiger charge is -2.38. The van der Waals surface area contributed by atoms with Gasteiger partial charge in [-0.1, -0.05) is 12.8 Å². The number of hydrogen-bond acceptors (Lipinski definition) is 3.